The topological polar surface area (TPSA) is 103 Å². The van der Waals surface area contributed by atoms with Crippen LogP contribution in [0.3, 0.4) is 0 Å². The zero-order valence-electron chi connectivity index (χ0n) is 13.6. The summed E-state index contributed by atoms with van der Waals surface area (Å²) < 4.78 is 1.41. The number of carbonyl (C=O) groups excluding carboxylic acids is 1. The molecule has 0 saturated carbocycles. The molecule has 1 amide bonds. The lowest BCUT2D eigenvalue weighted by Crippen LogP contribution is -2.43. The highest BCUT2D eigenvalue weighted by Gasteiger charge is 2.24. The Hall–Kier alpha value is -3.51. The Morgan fingerprint density at radius 3 is 2.85 bits per heavy atom. The largest absolute Gasteiger partial charge is 0.352 e. The van der Waals surface area contributed by atoms with E-state index in [1.54, 1.807) is 25.1 Å². The summed E-state index contributed by atoms with van der Waals surface area (Å²) >= 11 is 5.04. The van der Waals surface area contributed by atoms with Crippen molar-refractivity contribution in [2.45, 2.75) is 6.92 Å². The molecule has 2 aromatic heterocycles. The SMILES string of the molecule is Cc1c(C#N)c2nc3ccccc3n2c(=O)/c1=C/NN1C(=O)CNC1=S. The lowest BCUT2D eigenvalue weighted by Gasteiger charge is -2.13. The molecular weight excluding hydrogens is 352 g/mol. The van der Waals surface area contributed by atoms with Crippen molar-refractivity contribution in [3.63, 3.8) is 0 Å². The molecule has 26 heavy (non-hydrogen) atoms. The third-order valence-corrected chi connectivity index (χ3v) is 4.62. The summed E-state index contributed by atoms with van der Waals surface area (Å²) in [5, 5.41) is 14.0. The normalized spacial score (nSPS) is 14.9. The van der Waals surface area contributed by atoms with E-state index < -0.39 is 0 Å². The van der Waals surface area contributed by atoms with Gasteiger partial charge in [-0.2, -0.15) is 10.3 Å². The molecule has 0 radical (unpaired) electrons. The van der Waals surface area contributed by atoms with Crippen LogP contribution in [0.2, 0.25) is 0 Å². The fourth-order valence-electron chi connectivity index (χ4n) is 2.97. The van der Waals surface area contributed by atoms with Crippen LogP contribution in [-0.4, -0.2) is 32.0 Å². The molecule has 1 fully saturated rings. The maximum atomic E-state index is 13.1. The number of pyridine rings is 1. The number of thiocarbonyl (C=S) groups is 1. The molecule has 0 aliphatic carbocycles. The van der Waals surface area contributed by atoms with Gasteiger partial charge in [-0.1, -0.05) is 12.1 Å². The Kier molecular flexibility index (Phi) is 3.56. The Morgan fingerprint density at radius 2 is 2.15 bits per heavy atom. The quantitative estimate of drug-likeness (QED) is 0.602. The van der Waals surface area contributed by atoms with Gasteiger partial charge in [-0.15, -0.1) is 0 Å². The van der Waals surface area contributed by atoms with Crippen LogP contribution in [-0.2, 0) is 4.79 Å². The number of hydrogen-bond acceptors (Lipinski definition) is 6. The van der Waals surface area contributed by atoms with Crippen LogP contribution >= 0.6 is 12.2 Å². The van der Waals surface area contributed by atoms with Crippen molar-refractivity contribution in [2.75, 3.05) is 6.54 Å². The molecule has 9 heteroatoms. The van der Waals surface area contributed by atoms with Crippen molar-refractivity contribution in [3.8, 4) is 6.07 Å². The summed E-state index contributed by atoms with van der Waals surface area (Å²) in [4.78, 5) is 29.3. The predicted octanol–water partition coefficient (Wildman–Crippen LogP) is -0.294. The number of nitriles is 1. The highest BCUT2D eigenvalue weighted by Crippen LogP contribution is 2.17. The van der Waals surface area contributed by atoms with E-state index in [1.807, 2.05) is 6.07 Å². The molecule has 3 aromatic rings. The minimum Gasteiger partial charge on any atom is -0.352 e. The number of para-hydroxylation sites is 2. The number of nitrogens with zero attached hydrogens (tertiary/aromatic N) is 4. The molecule has 1 saturated heterocycles. The Morgan fingerprint density at radius 1 is 1.38 bits per heavy atom. The molecular formula is C17H12N6O2S. The van der Waals surface area contributed by atoms with Gasteiger partial charge < -0.3 is 5.32 Å². The second-order valence-corrected chi connectivity index (χ2v) is 6.14. The lowest BCUT2D eigenvalue weighted by atomic mass is 10.1. The van der Waals surface area contributed by atoms with Gasteiger partial charge in [0, 0.05) is 6.20 Å². The van der Waals surface area contributed by atoms with Crippen LogP contribution in [0.25, 0.3) is 22.9 Å². The van der Waals surface area contributed by atoms with Gasteiger partial charge >= 0.3 is 0 Å². The molecule has 1 aliphatic heterocycles. The molecule has 1 aliphatic rings. The number of carbonyl (C=O) groups is 1. The zero-order chi connectivity index (χ0) is 18.4. The first kappa shape index (κ1) is 16.0. The van der Waals surface area contributed by atoms with Gasteiger partial charge in [-0.05, 0) is 36.8 Å². The van der Waals surface area contributed by atoms with Crippen LogP contribution in [0, 0.1) is 18.3 Å². The van der Waals surface area contributed by atoms with Gasteiger partial charge in [0.2, 0.25) is 0 Å². The van der Waals surface area contributed by atoms with E-state index in [4.69, 9.17) is 12.2 Å². The standard InChI is InChI=1S/C17H12N6O2S/c1-9-10(6-18)15-21-12-4-2-3-5-13(12)22(15)16(25)11(9)7-20-23-14(24)8-19-17(23)26/h2-5,7,20H,8H2,1H3,(H,19,26)/b11-7+. The summed E-state index contributed by atoms with van der Waals surface area (Å²) in [6.07, 6.45) is 1.39. The summed E-state index contributed by atoms with van der Waals surface area (Å²) in [7, 11) is 0. The molecule has 128 valence electrons. The van der Waals surface area contributed by atoms with E-state index >= 15 is 0 Å². The van der Waals surface area contributed by atoms with E-state index in [9.17, 15) is 14.9 Å². The highest BCUT2D eigenvalue weighted by molar-refractivity contribution is 7.80. The number of aromatic nitrogens is 2. The predicted molar refractivity (Wildman–Crippen MR) is 98.7 cm³/mol. The number of imidazole rings is 1. The van der Waals surface area contributed by atoms with Crippen LogP contribution in [0.4, 0.5) is 0 Å². The number of nitrogens with one attached hydrogen (secondary N) is 2. The van der Waals surface area contributed by atoms with E-state index in [0.29, 0.717) is 27.8 Å². The van der Waals surface area contributed by atoms with Crippen LogP contribution < -0.4 is 21.5 Å². The van der Waals surface area contributed by atoms with E-state index in [1.165, 1.54) is 10.6 Å². The number of rotatable bonds is 2. The third-order valence-electron chi connectivity index (χ3n) is 4.29. The number of fused-ring (bicyclic) bond motifs is 3. The van der Waals surface area contributed by atoms with E-state index in [2.05, 4.69) is 21.8 Å². The van der Waals surface area contributed by atoms with Gasteiger partial charge in [0.05, 0.1) is 28.4 Å². The minimum atomic E-state index is -0.330. The maximum Gasteiger partial charge on any atom is 0.267 e. The van der Waals surface area contributed by atoms with Crippen molar-refractivity contribution in [3.05, 3.63) is 51.0 Å². The molecule has 1 aromatic carbocycles. The van der Waals surface area contributed by atoms with Gasteiger partial charge in [-0.3, -0.25) is 19.4 Å². The highest BCUT2D eigenvalue weighted by atomic mass is 32.1. The fraction of sp³-hybridized carbons (Fsp3) is 0.118. The number of hydrazine groups is 1. The second-order valence-electron chi connectivity index (χ2n) is 5.75. The number of amides is 1. The Balaban J connectivity index is 2.01. The second kappa shape index (κ2) is 5.79. The number of benzene rings is 1. The summed E-state index contributed by atoms with van der Waals surface area (Å²) in [5.41, 5.74) is 4.78. The van der Waals surface area contributed by atoms with Gasteiger partial charge in [0.15, 0.2) is 10.8 Å². The van der Waals surface area contributed by atoms with Crippen molar-refractivity contribution in [1.29, 1.82) is 5.26 Å². The monoisotopic (exact) mass is 364 g/mol. The van der Waals surface area contributed by atoms with Crippen molar-refractivity contribution in [1.82, 2.24) is 25.1 Å². The molecule has 0 spiro atoms. The third kappa shape index (κ3) is 2.20. The molecule has 2 N–H and O–H groups in total. The summed E-state index contributed by atoms with van der Waals surface area (Å²) in [6.45, 7) is 1.77. The average Bonchev–Trinajstić information content (AvgIpc) is 3.16. The first-order valence-electron chi connectivity index (χ1n) is 7.74. The minimum absolute atomic E-state index is 0.0948. The lowest BCUT2D eigenvalue weighted by molar-refractivity contribution is -0.125. The van der Waals surface area contributed by atoms with Crippen molar-refractivity contribution >= 4 is 46.1 Å². The van der Waals surface area contributed by atoms with Crippen molar-refractivity contribution < 1.29 is 4.79 Å². The molecule has 8 nitrogen and oxygen atoms in total. The molecule has 0 atom stereocenters. The van der Waals surface area contributed by atoms with Gasteiger partial charge in [0.25, 0.3) is 11.5 Å². The first-order chi connectivity index (χ1) is 12.5. The molecule has 4 rings (SSSR count). The average molecular weight is 364 g/mol. The summed E-state index contributed by atoms with van der Waals surface area (Å²) in [6, 6.07) is 9.30. The molecule has 0 unspecified atom stereocenters. The summed E-state index contributed by atoms with van der Waals surface area (Å²) in [5.74, 6) is -0.258. The number of hydrogen-bond donors (Lipinski definition) is 2. The van der Waals surface area contributed by atoms with Crippen LogP contribution in [0.5, 0.6) is 0 Å². The van der Waals surface area contributed by atoms with E-state index in [0.717, 1.165) is 5.01 Å². The van der Waals surface area contributed by atoms with E-state index in [-0.39, 0.29) is 28.3 Å². The first-order valence-corrected chi connectivity index (χ1v) is 8.14. The Labute approximate surface area is 152 Å². The van der Waals surface area contributed by atoms with Crippen LogP contribution in [0.1, 0.15) is 11.1 Å². The molecule has 3 heterocycles. The van der Waals surface area contributed by atoms with Crippen molar-refractivity contribution in [2.24, 2.45) is 0 Å². The maximum absolute atomic E-state index is 13.1. The smallest absolute Gasteiger partial charge is 0.267 e. The van der Waals surface area contributed by atoms with Crippen LogP contribution in [0.15, 0.2) is 29.1 Å². The van der Waals surface area contributed by atoms with Gasteiger partial charge in [-0.25, -0.2) is 4.98 Å². The fourth-order valence-corrected chi connectivity index (χ4v) is 3.20. The molecule has 0 bridgehead atoms. The Bertz CT molecular complexity index is 1240. The zero-order valence-corrected chi connectivity index (χ0v) is 14.4. The van der Waals surface area contributed by atoms with Gasteiger partial charge in [0.1, 0.15) is 6.07 Å².